The average Bonchev–Trinajstić information content (AvgIpc) is 2.71. The number of rotatable bonds is 9. The van der Waals surface area contributed by atoms with Gasteiger partial charge in [0.25, 0.3) is 0 Å². The van der Waals surface area contributed by atoms with Crippen molar-refractivity contribution in [3.05, 3.63) is 87.7 Å². The molecule has 4 nitrogen and oxygen atoms in total. The number of anilines is 1. The molecule has 0 radical (unpaired) electrons. The summed E-state index contributed by atoms with van der Waals surface area (Å²) in [6.45, 7) is 0.642. The highest BCUT2D eigenvalue weighted by atomic mass is 127. The molecule has 3 rings (SSSR count). The van der Waals surface area contributed by atoms with Gasteiger partial charge in [0.1, 0.15) is 0 Å². The number of alkyl halides is 3. The van der Waals surface area contributed by atoms with Gasteiger partial charge >= 0.3 is 3.93 Å². The van der Waals surface area contributed by atoms with Gasteiger partial charge in [-0.25, -0.2) is 9.97 Å². The summed E-state index contributed by atoms with van der Waals surface area (Å²) in [5, 5.41) is 12.7. The first kappa shape index (κ1) is 22.8. The van der Waals surface area contributed by atoms with Crippen LogP contribution < -0.4 is 5.32 Å². The van der Waals surface area contributed by atoms with Crippen LogP contribution in [0.15, 0.2) is 54.7 Å². The summed E-state index contributed by atoms with van der Waals surface area (Å²) in [6, 6.07) is 13.9. The minimum absolute atomic E-state index is 0.0249. The molecule has 3 aromatic rings. The molecular formula is C22H21ClF2IN3O. The molecule has 0 atom stereocenters. The maximum atomic E-state index is 13.7. The Bertz CT molecular complexity index is 981. The van der Waals surface area contributed by atoms with E-state index in [1.54, 1.807) is 12.3 Å². The van der Waals surface area contributed by atoms with Crippen molar-refractivity contribution in [1.29, 1.82) is 0 Å². The van der Waals surface area contributed by atoms with Crippen molar-refractivity contribution >= 4 is 40.1 Å². The minimum Gasteiger partial charge on any atom is -0.396 e. The van der Waals surface area contributed by atoms with Gasteiger partial charge in [-0.05, 0) is 41.3 Å². The molecule has 0 amide bonds. The van der Waals surface area contributed by atoms with Crippen LogP contribution in [0.5, 0.6) is 0 Å². The molecule has 0 saturated heterocycles. The average molecular weight is 544 g/mol. The molecule has 0 unspecified atom stereocenters. The molecular weight excluding hydrogens is 523 g/mol. The molecule has 1 heterocycles. The van der Waals surface area contributed by atoms with E-state index in [9.17, 15) is 8.78 Å². The fraction of sp³-hybridized carbons (Fsp3) is 0.273. The van der Waals surface area contributed by atoms with Gasteiger partial charge in [-0.1, -0.05) is 41.9 Å². The second-order valence-corrected chi connectivity index (χ2v) is 8.64. The molecule has 8 heteroatoms. The first-order valence-electron chi connectivity index (χ1n) is 9.45. The molecule has 1 aromatic heterocycles. The van der Waals surface area contributed by atoms with Crippen molar-refractivity contribution < 1.29 is 13.9 Å². The predicted octanol–water partition coefficient (Wildman–Crippen LogP) is 5.59. The lowest BCUT2D eigenvalue weighted by Crippen LogP contribution is -2.10. The number of hydrogen-bond acceptors (Lipinski definition) is 4. The smallest absolute Gasteiger partial charge is 0.321 e. The van der Waals surface area contributed by atoms with Gasteiger partial charge in [-0.15, -0.1) is 0 Å². The summed E-state index contributed by atoms with van der Waals surface area (Å²) in [4.78, 5) is 9.00. The molecule has 30 heavy (non-hydrogen) atoms. The Kier molecular flexibility index (Phi) is 7.96. The normalized spacial score (nSPS) is 11.5. The zero-order chi connectivity index (χ0) is 21.6. The summed E-state index contributed by atoms with van der Waals surface area (Å²) in [6.07, 6.45) is 3.33. The third-order valence-corrected chi connectivity index (χ3v) is 5.38. The van der Waals surface area contributed by atoms with Crippen LogP contribution in [0.3, 0.4) is 0 Å². The lowest BCUT2D eigenvalue weighted by atomic mass is 9.99. The molecule has 0 bridgehead atoms. The SMILES string of the molecule is OCCCNc1ncc(Cc2cccc(C(F)(F)I)c2)c(Cc2ccc(Cl)cc2)n1. The second-order valence-electron chi connectivity index (χ2n) is 6.85. The van der Waals surface area contributed by atoms with Crippen LogP contribution in [0.2, 0.25) is 5.02 Å². The fourth-order valence-corrected chi connectivity index (χ4v) is 3.44. The quantitative estimate of drug-likeness (QED) is 0.210. The van der Waals surface area contributed by atoms with Crippen LogP contribution in [0.4, 0.5) is 14.7 Å². The van der Waals surface area contributed by atoms with Crippen molar-refractivity contribution in [3.8, 4) is 0 Å². The first-order chi connectivity index (χ1) is 14.3. The lowest BCUT2D eigenvalue weighted by molar-refractivity contribution is 0.127. The highest BCUT2D eigenvalue weighted by Crippen LogP contribution is 2.35. The maximum Gasteiger partial charge on any atom is 0.321 e. The second kappa shape index (κ2) is 10.5. The monoisotopic (exact) mass is 543 g/mol. The summed E-state index contributed by atoms with van der Waals surface area (Å²) in [5.74, 6) is 0.476. The highest BCUT2D eigenvalue weighted by Gasteiger charge is 2.26. The molecule has 0 saturated carbocycles. The van der Waals surface area contributed by atoms with E-state index >= 15 is 0 Å². The van der Waals surface area contributed by atoms with Crippen LogP contribution in [0.1, 0.15) is 34.4 Å². The molecule has 2 N–H and O–H groups in total. The van der Waals surface area contributed by atoms with Gasteiger partial charge in [-0.2, -0.15) is 8.78 Å². The number of aromatic nitrogens is 2. The van der Waals surface area contributed by atoms with Gasteiger partial charge in [0.15, 0.2) is 0 Å². The van der Waals surface area contributed by atoms with Crippen molar-refractivity contribution in [3.63, 3.8) is 0 Å². The summed E-state index contributed by atoms with van der Waals surface area (Å²) in [5.41, 5.74) is 3.46. The van der Waals surface area contributed by atoms with Crippen molar-refractivity contribution in [1.82, 2.24) is 9.97 Å². The molecule has 0 spiro atoms. The van der Waals surface area contributed by atoms with Gasteiger partial charge in [0, 0.05) is 65.4 Å². The van der Waals surface area contributed by atoms with Gasteiger partial charge < -0.3 is 10.4 Å². The van der Waals surface area contributed by atoms with Crippen molar-refractivity contribution in [2.75, 3.05) is 18.5 Å². The third kappa shape index (κ3) is 6.58. The Morgan fingerprint density at radius 2 is 1.83 bits per heavy atom. The number of hydrogen-bond donors (Lipinski definition) is 2. The number of aliphatic hydroxyl groups excluding tert-OH is 1. The van der Waals surface area contributed by atoms with Crippen LogP contribution in [0.25, 0.3) is 0 Å². The predicted molar refractivity (Wildman–Crippen MR) is 124 cm³/mol. The molecule has 158 valence electrons. The Morgan fingerprint density at radius 3 is 2.53 bits per heavy atom. The number of benzene rings is 2. The molecule has 0 aliphatic carbocycles. The van der Waals surface area contributed by atoms with Crippen LogP contribution in [-0.4, -0.2) is 28.2 Å². The summed E-state index contributed by atoms with van der Waals surface area (Å²) >= 11 is 7.12. The van der Waals surface area contributed by atoms with Crippen LogP contribution in [0, 0.1) is 0 Å². The van der Waals surface area contributed by atoms with Gasteiger partial charge in [0.2, 0.25) is 5.95 Å². The lowest BCUT2D eigenvalue weighted by Gasteiger charge is -2.13. The van der Waals surface area contributed by atoms with E-state index in [2.05, 4.69) is 15.3 Å². The van der Waals surface area contributed by atoms with E-state index in [1.807, 2.05) is 30.3 Å². The van der Waals surface area contributed by atoms with Crippen LogP contribution in [-0.2, 0) is 16.8 Å². The van der Waals surface area contributed by atoms with E-state index in [1.165, 1.54) is 12.1 Å². The number of nitrogens with one attached hydrogen (secondary N) is 1. The van der Waals surface area contributed by atoms with Gasteiger partial charge in [0.05, 0.1) is 5.69 Å². The first-order valence-corrected chi connectivity index (χ1v) is 10.9. The van der Waals surface area contributed by atoms with Gasteiger partial charge in [-0.3, -0.25) is 0 Å². The summed E-state index contributed by atoms with van der Waals surface area (Å²) in [7, 11) is 0. The fourth-order valence-electron chi connectivity index (χ4n) is 2.98. The topological polar surface area (TPSA) is 58.0 Å². The Labute approximate surface area is 192 Å². The third-order valence-electron chi connectivity index (χ3n) is 4.51. The molecule has 0 fully saturated rings. The van der Waals surface area contributed by atoms with E-state index in [4.69, 9.17) is 16.7 Å². The van der Waals surface area contributed by atoms with E-state index < -0.39 is 3.93 Å². The molecule has 0 aliphatic heterocycles. The zero-order valence-corrected chi connectivity index (χ0v) is 19.0. The number of nitrogens with zero attached hydrogens (tertiary/aromatic N) is 2. The van der Waals surface area contributed by atoms with E-state index in [0.29, 0.717) is 36.8 Å². The Morgan fingerprint density at radius 1 is 1.07 bits per heavy atom. The van der Waals surface area contributed by atoms with Crippen molar-refractivity contribution in [2.24, 2.45) is 0 Å². The molecule has 0 aliphatic rings. The van der Waals surface area contributed by atoms with E-state index in [-0.39, 0.29) is 12.2 Å². The largest absolute Gasteiger partial charge is 0.396 e. The Balaban J connectivity index is 1.89. The molecule has 2 aromatic carbocycles. The summed E-state index contributed by atoms with van der Waals surface area (Å²) < 4.78 is 24.5. The number of halogens is 4. The Hall–Kier alpha value is -1.84. The van der Waals surface area contributed by atoms with Crippen LogP contribution >= 0.6 is 34.2 Å². The minimum atomic E-state index is -2.92. The van der Waals surface area contributed by atoms with E-state index in [0.717, 1.165) is 45.0 Å². The van der Waals surface area contributed by atoms with Crippen molar-refractivity contribution in [2.45, 2.75) is 23.2 Å². The highest BCUT2D eigenvalue weighted by molar-refractivity contribution is 14.1. The standard InChI is InChI=1S/C22H21ClF2IN3O/c23-19-7-5-15(6-8-19)13-20-17(14-28-21(29-20)27-9-2-10-30)11-16-3-1-4-18(12-16)22(24,25)26/h1,3-8,12,14,30H,2,9-11,13H2,(H,27,28,29). The number of aliphatic hydroxyl groups is 1. The zero-order valence-electron chi connectivity index (χ0n) is 16.1. The maximum absolute atomic E-state index is 13.7.